The first kappa shape index (κ1) is 14.0. The molecule has 0 fully saturated rings. The molecule has 0 spiro atoms. The second-order valence-corrected chi connectivity index (χ2v) is 5.13. The summed E-state index contributed by atoms with van der Waals surface area (Å²) in [6.07, 6.45) is 2.24. The van der Waals surface area contributed by atoms with E-state index in [0.29, 0.717) is 0 Å². The Labute approximate surface area is 123 Å². The van der Waals surface area contributed by atoms with Gasteiger partial charge in [-0.25, -0.2) is 14.8 Å². The Balaban J connectivity index is 2.06. The van der Waals surface area contributed by atoms with Gasteiger partial charge in [0, 0.05) is 4.47 Å². The van der Waals surface area contributed by atoms with Gasteiger partial charge in [-0.2, -0.15) is 0 Å². The Morgan fingerprint density at radius 2 is 1.95 bits per heavy atom. The summed E-state index contributed by atoms with van der Waals surface area (Å²) >= 11 is 8.95. The predicted octanol–water partition coefficient (Wildman–Crippen LogP) is 3.81. The maximum absolute atomic E-state index is 11.8. The van der Waals surface area contributed by atoms with E-state index in [9.17, 15) is 4.79 Å². The van der Waals surface area contributed by atoms with Crippen LogP contribution in [0, 0.1) is 0 Å². The lowest BCUT2D eigenvalue weighted by Crippen LogP contribution is -2.11. The average molecular weight is 342 g/mol. The first-order valence-corrected chi connectivity index (χ1v) is 6.67. The summed E-state index contributed by atoms with van der Waals surface area (Å²) in [5.41, 5.74) is 1.03. The molecule has 0 saturated heterocycles. The predicted molar refractivity (Wildman–Crippen MR) is 75.0 cm³/mol. The van der Waals surface area contributed by atoms with Crippen molar-refractivity contribution in [3.05, 3.63) is 57.5 Å². The van der Waals surface area contributed by atoms with E-state index in [1.165, 1.54) is 12.4 Å². The Kier molecular flexibility index (Phi) is 4.50. The summed E-state index contributed by atoms with van der Waals surface area (Å²) in [5, 5.41) is 0.234. The molecule has 0 aliphatic carbocycles. The van der Waals surface area contributed by atoms with Crippen LogP contribution in [-0.4, -0.2) is 15.9 Å². The topological polar surface area (TPSA) is 52.1 Å². The number of esters is 1. The molecule has 0 saturated carbocycles. The standard InChI is InChI=1S/C13H10BrClN2O2/c1-8(9-2-4-10(14)5-3-9)19-13(18)11-6-17-12(15)7-16-11/h2-8H,1H3. The smallest absolute Gasteiger partial charge is 0.359 e. The van der Waals surface area contributed by atoms with Gasteiger partial charge in [-0.1, -0.05) is 39.7 Å². The molecule has 0 bridgehead atoms. The number of aromatic nitrogens is 2. The van der Waals surface area contributed by atoms with Crippen LogP contribution in [-0.2, 0) is 4.74 Å². The molecule has 2 aromatic rings. The monoisotopic (exact) mass is 340 g/mol. The third-order valence-corrected chi connectivity index (χ3v) is 3.18. The Morgan fingerprint density at radius 3 is 2.53 bits per heavy atom. The molecule has 2 rings (SSSR count). The van der Waals surface area contributed by atoms with Crippen LogP contribution >= 0.6 is 27.5 Å². The molecule has 1 unspecified atom stereocenters. The van der Waals surface area contributed by atoms with E-state index in [2.05, 4.69) is 25.9 Å². The second kappa shape index (κ2) is 6.12. The maximum atomic E-state index is 11.8. The lowest BCUT2D eigenvalue weighted by molar-refractivity contribution is 0.0330. The van der Waals surface area contributed by atoms with Crippen molar-refractivity contribution >= 4 is 33.5 Å². The highest BCUT2D eigenvalue weighted by molar-refractivity contribution is 9.10. The number of halogens is 2. The Hall–Kier alpha value is -1.46. The summed E-state index contributed by atoms with van der Waals surface area (Å²) in [6, 6.07) is 7.55. The molecule has 1 aromatic heterocycles. The van der Waals surface area contributed by atoms with Crippen molar-refractivity contribution in [2.45, 2.75) is 13.0 Å². The van der Waals surface area contributed by atoms with Gasteiger partial charge in [-0.05, 0) is 24.6 Å². The van der Waals surface area contributed by atoms with E-state index in [-0.39, 0.29) is 17.0 Å². The minimum Gasteiger partial charge on any atom is -0.453 e. The molecule has 0 aliphatic heterocycles. The van der Waals surface area contributed by atoms with E-state index < -0.39 is 5.97 Å². The molecular weight excluding hydrogens is 332 g/mol. The molecule has 4 nitrogen and oxygen atoms in total. The molecule has 1 heterocycles. The Morgan fingerprint density at radius 1 is 1.26 bits per heavy atom. The number of ether oxygens (including phenoxy) is 1. The molecule has 0 aliphatic rings. The average Bonchev–Trinajstić information content (AvgIpc) is 2.40. The zero-order chi connectivity index (χ0) is 13.8. The fraction of sp³-hybridized carbons (Fsp3) is 0.154. The second-order valence-electron chi connectivity index (χ2n) is 3.82. The van der Waals surface area contributed by atoms with Gasteiger partial charge in [0.05, 0.1) is 12.4 Å². The van der Waals surface area contributed by atoms with E-state index >= 15 is 0 Å². The molecule has 98 valence electrons. The van der Waals surface area contributed by atoms with Crippen LogP contribution in [0.15, 0.2) is 41.1 Å². The summed E-state index contributed by atoms with van der Waals surface area (Å²) in [7, 11) is 0. The van der Waals surface area contributed by atoms with Gasteiger partial charge in [0.15, 0.2) is 5.69 Å². The Bertz CT molecular complexity index is 572. The quantitative estimate of drug-likeness (QED) is 0.797. The van der Waals surface area contributed by atoms with Crippen molar-refractivity contribution in [1.29, 1.82) is 0 Å². The van der Waals surface area contributed by atoms with Gasteiger partial charge < -0.3 is 4.74 Å². The number of carbonyl (C=O) groups is 1. The van der Waals surface area contributed by atoms with Gasteiger partial charge in [0.1, 0.15) is 11.3 Å². The van der Waals surface area contributed by atoms with Gasteiger partial charge >= 0.3 is 5.97 Å². The summed E-state index contributed by atoms with van der Waals surface area (Å²) < 4.78 is 6.27. The fourth-order valence-electron chi connectivity index (χ4n) is 1.44. The molecular formula is C13H10BrClN2O2. The summed E-state index contributed by atoms with van der Waals surface area (Å²) in [4.78, 5) is 19.5. The third-order valence-electron chi connectivity index (χ3n) is 2.45. The molecule has 6 heteroatoms. The van der Waals surface area contributed by atoms with Gasteiger partial charge in [-0.15, -0.1) is 0 Å². The highest BCUT2D eigenvalue weighted by atomic mass is 79.9. The van der Waals surface area contributed by atoms with Crippen molar-refractivity contribution in [3.63, 3.8) is 0 Å². The first-order chi connectivity index (χ1) is 9.06. The third kappa shape index (κ3) is 3.75. The highest BCUT2D eigenvalue weighted by Gasteiger charge is 2.15. The molecule has 0 amide bonds. The van der Waals surface area contributed by atoms with Crippen LogP contribution in [0.4, 0.5) is 0 Å². The van der Waals surface area contributed by atoms with Crippen molar-refractivity contribution in [3.8, 4) is 0 Å². The van der Waals surface area contributed by atoms with Crippen LogP contribution in [0.1, 0.15) is 29.1 Å². The van der Waals surface area contributed by atoms with Crippen molar-refractivity contribution in [1.82, 2.24) is 9.97 Å². The zero-order valence-electron chi connectivity index (χ0n) is 10.0. The summed E-state index contributed by atoms with van der Waals surface area (Å²) in [6.45, 7) is 1.80. The van der Waals surface area contributed by atoms with Gasteiger partial charge in [-0.3, -0.25) is 0 Å². The largest absolute Gasteiger partial charge is 0.453 e. The van der Waals surface area contributed by atoms with Crippen LogP contribution < -0.4 is 0 Å². The number of rotatable bonds is 3. The fourth-order valence-corrected chi connectivity index (χ4v) is 1.80. The lowest BCUT2D eigenvalue weighted by atomic mass is 10.1. The lowest BCUT2D eigenvalue weighted by Gasteiger charge is -2.13. The molecule has 1 atom stereocenters. The van der Waals surface area contributed by atoms with Gasteiger partial charge in [0.2, 0.25) is 0 Å². The molecule has 0 N–H and O–H groups in total. The normalized spacial score (nSPS) is 11.9. The number of benzene rings is 1. The van der Waals surface area contributed by atoms with Crippen LogP contribution in [0.2, 0.25) is 5.15 Å². The van der Waals surface area contributed by atoms with Crippen LogP contribution in [0.5, 0.6) is 0 Å². The van der Waals surface area contributed by atoms with E-state index in [1.54, 1.807) is 6.92 Å². The van der Waals surface area contributed by atoms with Crippen LogP contribution in [0.25, 0.3) is 0 Å². The minimum absolute atomic E-state index is 0.133. The maximum Gasteiger partial charge on any atom is 0.359 e. The molecule has 0 radical (unpaired) electrons. The van der Waals surface area contributed by atoms with Crippen LogP contribution in [0.3, 0.4) is 0 Å². The van der Waals surface area contributed by atoms with E-state index in [4.69, 9.17) is 16.3 Å². The SMILES string of the molecule is CC(OC(=O)c1cnc(Cl)cn1)c1ccc(Br)cc1. The minimum atomic E-state index is -0.528. The van der Waals surface area contributed by atoms with Crippen molar-refractivity contribution < 1.29 is 9.53 Å². The van der Waals surface area contributed by atoms with E-state index in [0.717, 1.165) is 10.0 Å². The van der Waals surface area contributed by atoms with Gasteiger partial charge in [0.25, 0.3) is 0 Å². The highest BCUT2D eigenvalue weighted by Crippen LogP contribution is 2.20. The zero-order valence-corrected chi connectivity index (χ0v) is 12.4. The van der Waals surface area contributed by atoms with Crippen molar-refractivity contribution in [2.24, 2.45) is 0 Å². The van der Waals surface area contributed by atoms with Crippen molar-refractivity contribution in [2.75, 3.05) is 0 Å². The first-order valence-electron chi connectivity index (χ1n) is 5.50. The number of hydrogen-bond acceptors (Lipinski definition) is 4. The number of hydrogen-bond donors (Lipinski definition) is 0. The van der Waals surface area contributed by atoms with E-state index in [1.807, 2.05) is 24.3 Å². The number of carbonyl (C=O) groups excluding carboxylic acids is 1. The number of nitrogens with zero attached hydrogens (tertiary/aromatic N) is 2. The molecule has 19 heavy (non-hydrogen) atoms. The summed E-state index contributed by atoms with van der Waals surface area (Å²) in [5.74, 6) is -0.528. The molecule has 1 aromatic carbocycles.